The van der Waals surface area contributed by atoms with Gasteiger partial charge in [0, 0.05) is 43.0 Å². The molecule has 0 amide bonds. The summed E-state index contributed by atoms with van der Waals surface area (Å²) in [4.78, 5) is 0. The van der Waals surface area contributed by atoms with Crippen LogP contribution in [0.4, 0.5) is 0 Å². The van der Waals surface area contributed by atoms with E-state index < -0.39 is 18.1 Å². The van der Waals surface area contributed by atoms with Crippen molar-refractivity contribution in [3.63, 3.8) is 0 Å². The smallest absolute Gasteiger partial charge is 0.144 e. The number of benzene rings is 18. The lowest BCUT2D eigenvalue weighted by atomic mass is 10.0. The van der Waals surface area contributed by atoms with Crippen molar-refractivity contribution in [1.82, 2.24) is 0 Å². The summed E-state index contributed by atoms with van der Waals surface area (Å²) in [6, 6.07) is 137. The summed E-state index contributed by atoms with van der Waals surface area (Å²) in [5.41, 5.74) is 19.8. The van der Waals surface area contributed by atoms with Crippen LogP contribution >= 0.6 is 18.1 Å². The average molecular weight is 1650 g/mol. The Hall–Kier alpha value is -13.3. The Morgan fingerprint density at radius 1 is 0.142 bits per heavy atom. The fourth-order valence-electron chi connectivity index (χ4n) is 17.4. The number of hydrogen-bond donors (Lipinski definition) is 0. The number of hydrogen-bond acceptors (Lipinski definition) is 9. The summed E-state index contributed by atoms with van der Waals surface area (Å²) in [7, 11) is 0. The molecule has 0 fully saturated rings. The molecule has 0 radical (unpaired) electrons. The first-order valence-corrected chi connectivity index (χ1v) is 48.3. The summed E-state index contributed by atoms with van der Waals surface area (Å²) >= 11 is 20.6. The molecule has 6 aliphatic heterocycles. The Labute approximate surface area is 711 Å². The third-order valence-electron chi connectivity index (χ3n) is 23.1. The molecule has 3 unspecified atom stereocenters. The monoisotopic (exact) mass is 1650 g/mol. The van der Waals surface area contributed by atoms with E-state index in [-0.39, 0.29) is 0 Å². The van der Waals surface area contributed by atoms with Crippen molar-refractivity contribution in [2.75, 3.05) is 0 Å². The molecule has 0 bridgehead atoms. The molecule has 3 atom stereocenters. The average Bonchev–Trinajstić information content (AvgIpc) is 0.703. The van der Waals surface area contributed by atoms with Gasteiger partial charge >= 0.3 is 0 Å². The van der Waals surface area contributed by atoms with Crippen LogP contribution in [0.5, 0.6) is 69.0 Å². The van der Waals surface area contributed by atoms with Crippen molar-refractivity contribution in [3.8, 4) is 169 Å². The summed E-state index contributed by atoms with van der Waals surface area (Å²) in [6.07, 6.45) is 0. The topological polar surface area (TPSA) is 55.4 Å². The van der Waals surface area contributed by atoms with Crippen molar-refractivity contribution in [2.24, 2.45) is 0 Å². The van der Waals surface area contributed by atoms with Crippen LogP contribution in [0, 0.1) is 0 Å². The normalized spacial score (nSPS) is 16.1. The summed E-state index contributed by atoms with van der Waals surface area (Å²) in [6.45, 7) is 0. The Balaban J connectivity index is 0.000000108. The standard InChI is InChI=1S/3C36H23O2PS/c40-39-33-18-10-17-29(26-15-8-3-9-16-26)35(33)38-32-22-28(25-13-6-2-7-14-25)21-31(36(32)39)37-30-20-19-27(23-34(30)39)24-11-4-1-5-12-24;40-39-33-20-19-27(24-11-4-1-5-12-24)21-30(33)37-31-22-28(25-13-6-2-7-14-25)23-32(36(31)39)38-35-29(17-10-18-34(35)39)26-15-8-3-9-16-26;40-39-34-19-17-27(24-10-4-1-5-11-24)20-31(34)38-33-22-29(26-14-8-3-9-15-26)21-32(36(33)39)37-30-18-16-28(23-35(30)39)25-12-6-2-7-13-25/h3*1-23H. The van der Waals surface area contributed by atoms with Gasteiger partial charge in [0.25, 0.3) is 0 Å². The Kier molecular flexibility index (Phi) is 18.2. The van der Waals surface area contributed by atoms with Crippen molar-refractivity contribution in [1.29, 1.82) is 0 Å². The van der Waals surface area contributed by atoms with Gasteiger partial charge in [0.15, 0.2) is 0 Å². The third-order valence-corrected chi connectivity index (χ3v) is 37.8. The molecule has 0 aromatic heterocycles. The molecular weight excluding hydrogens is 1580 g/mol. The molecule has 120 heavy (non-hydrogen) atoms. The molecule has 0 N–H and O–H groups in total. The van der Waals surface area contributed by atoms with Crippen molar-refractivity contribution in [3.05, 3.63) is 419 Å². The molecule has 12 heteroatoms. The fraction of sp³-hybridized carbons (Fsp3) is 0. The molecular formula is C108H69O6P3S3. The second-order valence-corrected chi connectivity index (χ2v) is 43.1. The van der Waals surface area contributed by atoms with Crippen LogP contribution in [0.15, 0.2) is 419 Å². The lowest BCUT2D eigenvalue weighted by Gasteiger charge is -2.38. The SMILES string of the molecule is S=P12c3cc(-c4ccccc4)ccc3Oc3cc(-c4ccccc4)cc(c31)Oc1c(-c3ccccc3)cccc12.S=P12c3ccc(-c4ccccc4)cc3Oc3cc(-c4ccccc4)cc(c31)Oc1c(-c3ccccc3)cccc12.S=P12c3ccc(-c4ccccc4)cc3Oc3cc(-c4ccccc4)cc(c31)Oc1ccc(-c3ccccc3)cc12. The molecule has 18 aromatic rings. The number of fused-ring (bicyclic) bond motifs is 12. The predicted octanol–water partition coefficient (Wildman–Crippen LogP) is 26.0. The Morgan fingerprint density at radius 3 is 0.667 bits per heavy atom. The van der Waals surface area contributed by atoms with Crippen molar-refractivity contribution < 1.29 is 28.4 Å². The molecule has 24 rings (SSSR count). The maximum Gasteiger partial charge on any atom is 0.144 e. The van der Waals surface area contributed by atoms with Crippen LogP contribution in [0.1, 0.15) is 0 Å². The highest BCUT2D eigenvalue weighted by molar-refractivity contribution is 8.27. The van der Waals surface area contributed by atoms with Gasteiger partial charge in [-0.25, -0.2) is 0 Å². The van der Waals surface area contributed by atoms with Gasteiger partial charge in [0.2, 0.25) is 0 Å². The zero-order valence-electron chi connectivity index (χ0n) is 64.4. The summed E-state index contributed by atoms with van der Waals surface area (Å²) in [5.74, 6) is 9.71. The maximum absolute atomic E-state index is 6.89. The van der Waals surface area contributed by atoms with Crippen LogP contribution in [0.25, 0.3) is 100 Å². The van der Waals surface area contributed by atoms with Crippen LogP contribution in [-0.2, 0) is 35.4 Å². The second-order valence-electron chi connectivity index (χ2n) is 30.2. The van der Waals surface area contributed by atoms with Gasteiger partial charge in [0.05, 0.1) is 34.0 Å². The first kappa shape index (κ1) is 73.1. The molecule has 6 aliphatic rings. The zero-order chi connectivity index (χ0) is 80.0. The van der Waals surface area contributed by atoms with Crippen LogP contribution in [0.3, 0.4) is 0 Å². The Bertz CT molecular complexity index is 7160. The highest BCUT2D eigenvalue weighted by Gasteiger charge is 2.48. The Morgan fingerprint density at radius 2 is 0.367 bits per heavy atom. The zero-order valence-corrected chi connectivity index (χ0v) is 69.5. The molecule has 0 aliphatic carbocycles. The van der Waals surface area contributed by atoms with E-state index in [0.29, 0.717) is 0 Å². The van der Waals surface area contributed by atoms with E-state index in [1.165, 1.54) is 0 Å². The van der Waals surface area contributed by atoms with E-state index in [1.807, 2.05) is 66.7 Å². The highest BCUT2D eigenvalue weighted by atomic mass is 32.4. The van der Waals surface area contributed by atoms with Gasteiger partial charge in [-0.1, -0.05) is 357 Å². The predicted molar refractivity (Wildman–Crippen MR) is 507 cm³/mol. The summed E-state index contributed by atoms with van der Waals surface area (Å²) in [5, 5.41) is 9.41. The molecule has 6 nitrogen and oxygen atoms in total. The first-order valence-electron chi connectivity index (χ1n) is 39.9. The number of para-hydroxylation sites is 2. The molecule has 0 saturated heterocycles. The van der Waals surface area contributed by atoms with E-state index in [2.05, 4.69) is 352 Å². The van der Waals surface area contributed by atoms with Crippen molar-refractivity contribution in [2.45, 2.75) is 0 Å². The molecule has 18 aromatic carbocycles. The van der Waals surface area contributed by atoms with E-state index in [0.717, 1.165) is 217 Å². The van der Waals surface area contributed by atoms with E-state index in [4.69, 9.17) is 63.8 Å². The van der Waals surface area contributed by atoms with E-state index in [1.54, 1.807) is 0 Å². The fourth-order valence-corrected chi connectivity index (χ4v) is 30.8. The number of ether oxygens (including phenoxy) is 6. The minimum atomic E-state index is -2.54. The first-order chi connectivity index (χ1) is 59.1. The maximum atomic E-state index is 6.89. The van der Waals surface area contributed by atoms with Crippen molar-refractivity contribution >= 4 is 101 Å². The quantitative estimate of drug-likeness (QED) is 0.132. The molecule has 570 valence electrons. The molecule has 0 saturated carbocycles. The van der Waals surface area contributed by atoms with E-state index in [9.17, 15) is 0 Å². The van der Waals surface area contributed by atoms with E-state index >= 15 is 0 Å². The van der Waals surface area contributed by atoms with Gasteiger partial charge in [-0.05, 0) is 186 Å². The second kappa shape index (κ2) is 30.0. The lowest BCUT2D eigenvalue weighted by molar-refractivity contribution is 0.466. The van der Waals surface area contributed by atoms with Crippen LogP contribution in [-0.4, -0.2) is 0 Å². The largest absolute Gasteiger partial charge is 0.456 e. The van der Waals surface area contributed by atoms with Gasteiger partial charge in [-0.3, -0.25) is 0 Å². The van der Waals surface area contributed by atoms with Crippen LogP contribution < -0.4 is 76.2 Å². The molecule has 0 spiro atoms. The summed E-state index contributed by atoms with van der Waals surface area (Å²) < 4.78 is 40.4. The van der Waals surface area contributed by atoms with Gasteiger partial charge in [-0.2, -0.15) is 0 Å². The van der Waals surface area contributed by atoms with Gasteiger partial charge in [-0.15, -0.1) is 0 Å². The molecule has 6 heterocycles. The minimum Gasteiger partial charge on any atom is -0.456 e. The third kappa shape index (κ3) is 12.5. The minimum absolute atomic E-state index is 0.784. The van der Waals surface area contributed by atoms with Gasteiger partial charge < -0.3 is 28.4 Å². The highest BCUT2D eigenvalue weighted by Crippen LogP contribution is 2.64. The van der Waals surface area contributed by atoms with Gasteiger partial charge in [0.1, 0.15) is 69.0 Å². The lowest BCUT2D eigenvalue weighted by Crippen LogP contribution is -2.35. The number of rotatable bonds is 9. The van der Waals surface area contributed by atoms with Crippen LogP contribution in [0.2, 0.25) is 0 Å².